The van der Waals surface area contributed by atoms with Crippen LogP contribution in [-0.4, -0.2) is 43.0 Å². The van der Waals surface area contributed by atoms with Crippen LogP contribution in [0.4, 0.5) is 5.82 Å². The Morgan fingerprint density at radius 1 is 1.21 bits per heavy atom. The minimum absolute atomic E-state index is 0.0905. The van der Waals surface area contributed by atoms with E-state index >= 15 is 0 Å². The van der Waals surface area contributed by atoms with Crippen molar-refractivity contribution >= 4 is 23.5 Å². The standard InChI is InChI=1S/C19H19N3O5S/c1-5-6-28-19-21-17-15(18(24)22-19)11(9-14(23)20-17)10-7-12(25-2)16(27-4)13(8-10)26-3/h1,7-8,11H,6,9H2,2-4H3,(H2,20,21,22,23,24)/t11-/m0/s1. The predicted molar refractivity (Wildman–Crippen MR) is 106 cm³/mol. The van der Waals surface area contributed by atoms with Crippen LogP contribution in [-0.2, 0) is 4.79 Å². The molecule has 0 unspecified atom stereocenters. The van der Waals surface area contributed by atoms with Crippen LogP contribution >= 0.6 is 11.8 Å². The molecule has 0 bridgehead atoms. The van der Waals surface area contributed by atoms with Crippen molar-refractivity contribution in [3.8, 4) is 29.6 Å². The van der Waals surface area contributed by atoms with Gasteiger partial charge in [-0.25, -0.2) is 4.98 Å². The molecule has 0 fully saturated rings. The van der Waals surface area contributed by atoms with E-state index in [1.54, 1.807) is 12.1 Å². The minimum atomic E-state index is -0.514. The van der Waals surface area contributed by atoms with E-state index < -0.39 is 5.92 Å². The number of hydrogen-bond acceptors (Lipinski definition) is 7. The number of fused-ring (bicyclic) bond motifs is 1. The molecule has 1 atom stereocenters. The molecule has 0 saturated heterocycles. The first-order chi connectivity index (χ1) is 13.5. The summed E-state index contributed by atoms with van der Waals surface area (Å²) in [5, 5.41) is 3.03. The third-order valence-corrected chi connectivity index (χ3v) is 5.09. The fraction of sp³-hybridized carbons (Fsp3) is 0.316. The first kappa shape index (κ1) is 19.6. The van der Waals surface area contributed by atoms with Crippen molar-refractivity contribution in [1.29, 1.82) is 0 Å². The Balaban J connectivity index is 2.14. The van der Waals surface area contributed by atoms with Crippen LogP contribution in [0, 0.1) is 12.3 Å². The molecule has 2 aromatic rings. The molecule has 9 heteroatoms. The highest BCUT2D eigenvalue weighted by Crippen LogP contribution is 2.43. The van der Waals surface area contributed by atoms with Gasteiger partial charge in [0.2, 0.25) is 11.7 Å². The van der Waals surface area contributed by atoms with Crippen LogP contribution in [0.15, 0.2) is 22.1 Å². The van der Waals surface area contributed by atoms with E-state index in [0.717, 1.165) is 0 Å². The maximum atomic E-state index is 12.8. The average molecular weight is 401 g/mol. The largest absolute Gasteiger partial charge is 0.493 e. The van der Waals surface area contributed by atoms with Gasteiger partial charge in [-0.15, -0.1) is 6.42 Å². The molecule has 1 aromatic carbocycles. The van der Waals surface area contributed by atoms with E-state index in [1.807, 2.05) is 0 Å². The van der Waals surface area contributed by atoms with E-state index in [9.17, 15) is 9.59 Å². The Bertz CT molecular complexity index is 987. The molecular formula is C19H19N3O5S. The zero-order chi connectivity index (χ0) is 20.3. The lowest BCUT2D eigenvalue weighted by atomic mass is 9.86. The summed E-state index contributed by atoms with van der Waals surface area (Å²) < 4.78 is 16.1. The highest BCUT2D eigenvalue weighted by molar-refractivity contribution is 7.99. The molecule has 1 aromatic heterocycles. The quantitative estimate of drug-likeness (QED) is 0.434. The predicted octanol–water partition coefficient (Wildman–Crippen LogP) is 2.00. The molecule has 0 aliphatic carbocycles. The van der Waals surface area contributed by atoms with Crippen LogP contribution in [0.1, 0.15) is 23.5 Å². The van der Waals surface area contributed by atoms with Gasteiger partial charge in [-0.05, 0) is 17.7 Å². The van der Waals surface area contributed by atoms with Gasteiger partial charge in [0.05, 0.1) is 32.6 Å². The Labute approximate surface area is 166 Å². The fourth-order valence-corrected chi connectivity index (χ4v) is 3.66. The fourth-order valence-electron chi connectivity index (χ4n) is 3.12. The molecule has 1 aliphatic heterocycles. The van der Waals surface area contributed by atoms with E-state index in [0.29, 0.717) is 39.3 Å². The molecule has 1 aliphatic rings. The van der Waals surface area contributed by atoms with Crippen molar-refractivity contribution in [2.24, 2.45) is 0 Å². The number of carbonyl (C=O) groups excluding carboxylic acids is 1. The van der Waals surface area contributed by atoms with E-state index in [1.165, 1.54) is 33.1 Å². The van der Waals surface area contributed by atoms with Gasteiger partial charge in [-0.1, -0.05) is 17.7 Å². The van der Waals surface area contributed by atoms with Gasteiger partial charge < -0.3 is 24.5 Å². The number of aromatic nitrogens is 2. The number of nitrogens with zero attached hydrogens (tertiary/aromatic N) is 1. The SMILES string of the molecule is C#CCSc1nc2c(c(=O)[nH]1)[C@H](c1cc(OC)c(OC)c(OC)c1)CC(=O)N2. The maximum absolute atomic E-state index is 12.8. The zero-order valence-corrected chi connectivity index (χ0v) is 16.4. The maximum Gasteiger partial charge on any atom is 0.257 e. The van der Waals surface area contributed by atoms with Crippen molar-refractivity contribution in [2.75, 3.05) is 32.4 Å². The number of thioether (sulfide) groups is 1. The summed E-state index contributed by atoms with van der Waals surface area (Å²) in [5.41, 5.74) is 0.726. The molecule has 2 heterocycles. The topological polar surface area (TPSA) is 103 Å². The van der Waals surface area contributed by atoms with Crippen molar-refractivity contribution in [1.82, 2.24) is 9.97 Å². The van der Waals surface area contributed by atoms with Crippen LogP contribution in [0.3, 0.4) is 0 Å². The number of hydrogen-bond donors (Lipinski definition) is 2. The van der Waals surface area contributed by atoms with E-state index in [2.05, 4.69) is 21.2 Å². The number of amides is 1. The Hall–Kier alpha value is -3.12. The number of benzene rings is 1. The second kappa shape index (κ2) is 8.27. The third-order valence-electron chi connectivity index (χ3n) is 4.31. The molecule has 8 nitrogen and oxygen atoms in total. The normalized spacial score (nSPS) is 15.2. The average Bonchev–Trinajstić information content (AvgIpc) is 2.69. The van der Waals surface area contributed by atoms with Crippen molar-refractivity contribution in [2.45, 2.75) is 17.5 Å². The van der Waals surface area contributed by atoms with Crippen LogP contribution < -0.4 is 25.1 Å². The molecule has 0 radical (unpaired) electrons. The van der Waals surface area contributed by atoms with Gasteiger partial charge in [0.1, 0.15) is 5.82 Å². The molecule has 28 heavy (non-hydrogen) atoms. The molecule has 0 spiro atoms. The number of H-pyrrole nitrogens is 1. The number of nitrogens with one attached hydrogen (secondary N) is 2. The summed E-state index contributed by atoms with van der Waals surface area (Å²) in [4.78, 5) is 32.1. The van der Waals surface area contributed by atoms with Crippen molar-refractivity contribution < 1.29 is 19.0 Å². The van der Waals surface area contributed by atoms with Gasteiger partial charge in [-0.2, -0.15) is 0 Å². The third kappa shape index (κ3) is 3.64. The summed E-state index contributed by atoms with van der Waals surface area (Å²) >= 11 is 1.21. The summed E-state index contributed by atoms with van der Waals surface area (Å²) in [7, 11) is 4.52. The van der Waals surface area contributed by atoms with Crippen LogP contribution in [0.5, 0.6) is 17.2 Å². The van der Waals surface area contributed by atoms with E-state index in [4.69, 9.17) is 20.6 Å². The number of rotatable bonds is 6. The Morgan fingerprint density at radius 2 is 1.89 bits per heavy atom. The summed E-state index contributed by atoms with van der Waals surface area (Å²) in [6.07, 6.45) is 5.35. The smallest absolute Gasteiger partial charge is 0.257 e. The van der Waals surface area contributed by atoms with Crippen molar-refractivity contribution in [3.05, 3.63) is 33.6 Å². The van der Waals surface area contributed by atoms with Crippen LogP contribution in [0.2, 0.25) is 0 Å². The molecular weight excluding hydrogens is 382 g/mol. The number of anilines is 1. The number of carbonyl (C=O) groups is 1. The van der Waals surface area contributed by atoms with Gasteiger partial charge >= 0.3 is 0 Å². The second-order valence-corrected chi connectivity index (χ2v) is 6.85. The number of ether oxygens (including phenoxy) is 3. The van der Waals surface area contributed by atoms with E-state index in [-0.39, 0.29) is 23.7 Å². The molecule has 2 N–H and O–H groups in total. The number of terminal acetylenes is 1. The lowest BCUT2D eigenvalue weighted by Gasteiger charge is -2.25. The van der Waals surface area contributed by atoms with Gasteiger partial charge in [0.25, 0.3) is 5.56 Å². The van der Waals surface area contributed by atoms with Gasteiger partial charge in [0, 0.05) is 12.3 Å². The Morgan fingerprint density at radius 3 is 2.46 bits per heavy atom. The zero-order valence-electron chi connectivity index (χ0n) is 15.6. The number of methoxy groups -OCH3 is 3. The molecule has 0 saturated carbocycles. The first-order valence-corrected chi connectivity index (χ1v) is 9.31. The number of aromatic amines is 1. The second-order valence-electron chi connectivity index (χ2n) is 5.89. The lowest BCUT2D eigenvalue weighted by Crippen LogP contribution is -2.31. The summed E-state index contributed by atoms with van der Waals surface area (Å²) in [6, 6.07) is 3.46. The van der Waals surface area contributed by atoms with Gasteiger partial charge in [-0.3, -0.25) is 9.59 Å². The monoisotopic (exact) mass is 401 g/mol. The summed E-state index contributed by atoms with van der Waals surface area (Å²) in [6.45, 7) is 0. The molecule has 1 amide bonds. The van der Waals surface area contributed by atoms with Crippen molar-refractivity contribution in [3.63, 3.8) is 0 Å². The highest BCUT2D eigenvalue weighted by atomic mass is 32.2. The highest BCUT2D eigenvalue weighted by Gasteiger charge is 2.32. The van der Waals surface area contributed by atoms with Crippen LogP contribution in [0.25, 0.3) is 0 Å². The molecule has 146 valence electrons. The van der Waals surface area contributed by atoms with Gasteiger partial charge in [0.15, 0.2) is 16.7 Å². The first-order valence-electron chi connectivity index (χ1n) is 8.32. The lowest BCUT2D eigenvalue weighted by molar-refractivity contribution is -0.116. The Kier molecular flexibility index (Phi) is 5.80. The summed E-state index contributed by atoms with van der Waals surface area (Å²) in [5.74, 6) is 3.62. The molecule has 3 rings (SSSR count). The minimum Gasteiger partial charge on any atom is -0.493 e.